The molecule has 2 N–H and O–H groups in total. The number of rotatable bonds is 4. The van der Waals surface area contributed by atoms with Crippen molar-refractivity contribution in [3.05, 3.63) is 11.1 Å². The van der Waals surface area contributed by atoms with Crippen LogP contribution >= 0.6 is 11.3 Å². The highest BCUT2D eigenvalue weighted by molar-refractivity contribution is 7.15. The van der Waals surface area contributed by atoms with E-state index in [-0.39, 0.29) is 17.9 Å². The Morgan fingerprint density at radius 2 is 2.05 bits per heavy atom. The van der Waals surface area contributed by atoms with Gasteiger partial charge in [-0.2, -0.15) is 5.26 Å². The zero-order valence-electron chi connectivity index (χ0n) is 12.7. The molecule has 1 aromatic heterocycles. The third-order valence-corrected chi connectivity index (χ3v) is 5.94. The minimum Gasteiger partial charge on any atom is -0.320 e. The van der Waals surface area contributed by atoms with Crippen LogP contribution in [0, 0.1) is 17.4 Å². The fourth-order valence-electron chi connectivity index (χ4n) is 3.65. The van der Waals surface area contributed by atoms with E-state index in [1.807, 2.05) is 12.4 Å². The van der Waals surface area contributed by atoms with E-state index < -0.39 is 0 Å². The summed E-state index contributed by atoms with van der Waals surface area (Å²) < 4.78 is 0. The number of hydrogen-bond acceptors (Lipinski definition) is 5. The maximum absolute atomic E-state index is 12.4. The molecule has 0 saturated heterocycles. The van der Waals surface area contributed by atoms with Gasteiger partial charge in [-0.15, -0.1) is 11.3 Å². The zero-order valence-corrected chi connectivity index (χ0v) is 13.5. The predicted molar refractivity (Wildman–Crippen MR) is 86.4 cm³/mol. The number of nitrogens with one attached hydrogen (secondary N) is 2. The van der Waals surface area contributed by atoms with E-state index in [9.17, 15) is 4.79 Å². The summed E-state index contributed by atoms with van der Waals surface area (Å²) >= 11 is 1.61. The first-order valence-corrected chi connectivity index (χ1v) is 9.01. The average molecular weight is 318 g/mol. The second-order valence-electron chi connectivity index (χ2n) is 6.29. The minimum atomic E-state index is -0.123. The fourth-order valence-corrected chi connectivity index (χ4v) is 4.64. The summed E-state index contributed by atoms with van der Waals surface area (Å²) in [5, 5.41) is 15.2. The molecular formula is C16H22N4OS. The Labute approximate surface area is 135 Å². The largest absolute Gasteiger partial charge is 0.320 e. The smallest absolute Gasteiger partial charge is 0.231 e. The molecule has 2 saturated carbocycles. The number of amides is 1. The first-order valence-electron chi connectivity index (χ1n) is 8.19. The van der Waals surface area contributed by atoms with Gasteiger partial charge in [0.1, 0.15) is 0 Å². The normalized spacial score (nSPS) is 25.6. The van der Waals surface area contributed by atoms with Gasteiger partial charge < -0.3 is 10.6 Å². The van der Waals surface area contributed by atoms with E-state index in [2.05, 4.69) is 15.6 Å². The van der Waals surface area contributed by atoms with Gasteiger partial charge in [0, 0.05) is 17.1 Å². The molecule has 0 spiro atoms. The molecule has 2 aliphatic rings. The number of nitrogens with zero attached hydrogens (tertiary/aromatic N) is 2. The monoisotopic (exact) mass is 318 g/mol. The Kier molecular flexibility index (Phi) is 4.94. The highest BCUT2D eigenvalue weighted by Crippen LogP contribution is 2.37. The highest BCUT2D eigenvalue weighted by atomic mass is 32.1. The number of carbonyl (C=O) groups is 1. The van der Waals surface area contributed by atoms with E-state index in [1.165, 1.54) is 37.0 Å². The van der Waals surface area contributed by atoms with Gasteiger partial charge in [-0.25, -0.2) is 4.98 Å². The summed E-state index contributed by atoms with van der Waals surface area (Å²) in [6, 6.07) is -0.0252. The molecule has 1 heterocycles. The number of thiazole rings is 1. The first kappa shape index (κ1) is 15.3. The molecule has 1 amide bonds. The van der Waals surface area contributed by atoms with Gasteiger partial charge >= 0.3 is 0 Å². The third-order valence-electron chi connectivity index (χ3n) is 4.86. The Bertz CT molecular complexity index is 559. The number of hydrogen-bond donors (Lipinski definition) is 2. The minimum absolute atomic E-state index is 0.00482. The van der Waals surface area contributed by atoms with E-state index in [1.54, 1.807) is 11.3 Å². The van der Waals surface area contributed by atoms with E-state index in [0.717, 1.165) is 19.3 Å². The van der Waals surface area contributed by atoms with Crippen molar-refractivity contribution in [2.75, 3.05) is 5.32 Å². The van der Waals surface area contributed by atoms with Crippen molar-refractivity contribution in [3.8, 4) is 6.19 Å². The van der Waals surface area contributed by atoms with Gasteiger partial charge in [-0.1, -0.05) is 25.7 Å². The lowest BCUT2D eigenvalue weighted by Gasteiger charge is -2.19. The number of anilines is 1. The molecule has 2 atom stereocenters. The van der Waals surface area contributed by atoms with E-state index in [4.69, 9.17) is 5.26 Å². The van der Waals surface area contributed by atoms with Crippen LogP contribution in [0.15, 0.2) is 6.20 Å². The molecule has 2 aliphatic carbocycles. The molecule has 1 aromatic rings. The number of aromatic nitrogens is 1. The molecule has 118 valence electrons. The quantitative estimate of drug-likeness (QED) is 0.659. The van der Waals surface area contributed by atoms with Crippen molar-refractivity contribution in [3.63, 3.8) is 0 Å². The fraction of sp³-hybridized carbons (Fsp3) is 0.688. The lowest BCUT2D eigenvalue weighted by Crippen LogP contribution is -2.36. The van der Waals surface area contributed by atoms with Crippen LogP contribution in [0.1, 0.15) is 62.2 Å². The predicted octanol–water partition coefficient (Wildman–Crippen LogP) is 3.37. The first-order chi connectivity index (χ1) is 10.8. The molecule has 0 unspecified atom stereocenters. The molecule has 0 bridgehead atoms. The molecule has 0 aliphatic heterocycles. The summed E-state index contributed by atoms with van der Waals surface area (Å²) in [5.41, 5.74) is 0. The Morgan fingerprint density at radius 1 is 1.23 bits per heavy atom. The highest BCUT2D eigenvalue weighted by Gasteiger charge is 2.33. The van der Waals surface area contributed by atoms with Crippen molar-refractivity contribution in [1.29, 1.82) is 5.26 Å². The Balaban J connectivity index is 1.60. The van der Waals surface area contributed by atoms with Gasteiger partial charge in [0.15, 0.2) is 11.3 Å². The summed E-state index contributed by atoms with van der Waals surface area (Å²) in [4.78, 5) is 18.1. The summed E-state index contributed by atoms with van der Waals surface area (Å²) in [5.74, 6) is 0.493. The van der Waals surface area contributed by atoms with Crippen LogP contribution in [0.25, 0.3) is 0 Å². The SMILES string of the molecule is N#CN[C@H]1CCC[C@H]1C(=O)Nc1ncc(C2CCCCC2)s1. The maximum atomic E-state index is 12.4. The summed E-state index contributed by atoms with van der Waals surface area (Å²) in [6.07, 6.45) is 13.0. The molecule has 6 heteroatoms. The van der Waals surface area contributed by atoms with Gasteiger partial charge in [-0.05, 0) is 31.6 Å². The van der Waals surface area contributed by atoms with Crippen LogP contribution in [0.4, 0.5) is 5.13 Å². The molecular weight excluding hydrogens is 296 g/mol. The Morgan fingerprint density at radius 3 is 2.82 bits per heavy atom. The second kappa shape index (κ2) is 7.10. The summed E-state index contributed by atoms with van der Waals surface area (Å²) in [6.45, 7) is 0. The van der Waals surface area contributed by atoms with Crippen LogP contribution in [0.2, 0.25) is 0 Å². The Hall–Kier alpha value is -1.61. The third kappa shape index (κ3) is 3.41. The molecule has 0 radical (unpaired) electrons. The standard InChI is InChI=1S/C16H22N4OS/c17-10-19-13-8-4-7-12(13)15(21)20-16-18-9-14(22-16)11-5-2-1-3-6-11/h9,11-13,19H,1-8H2,(H,18,20,21)/t12-,13+/m1/s1. The van der Waals surface area contributed by atoms with Crippen LogP contribution in [0.5, 0.6) is 0 Å². The van der Waals surface area contributed by atoms with Crippen molar-refractivity contribution in [1.82, 2.24) is 10.3 Å². The maximum Gasteiger partial charge on any atom is 0.231 e. The number of nitriles is 1. The van der Waals surface area contributed by atoms with Crippen molar-refractivity contribution in [2.24, 2.45) is 5.92 Å². The molecule has 3 rings (SSSR count). The van der Waals surface area contributed by atoms with Crippen LogP contribution in [0.3, 0.4) is 0 Å². The van der Waals surface area contributed by atoms with Gasteiger partial charge in [-0.3, -0.25) is 4.79 Å². The molecule has 5 nitrogen and oxygen atoms in total. The number of carbonyl (C=O) groups excluding carboxylic acids is 1. The lowest BCUT2D eigenvalue weighted by atomic mass is 9.89. The molecule has 22 heavy (non-hydrogen) atoms. The second-order valence-corrected chi connectivity index (χ2v) is 7.35. The van der Waals surface area contributed by atoms with Gasteiger partial charge in [0.25, 0.3) is 0 Å². The van der Waals surface area contributed by atoms with Crippen molar-refractivity contribution in [2.45, 2.75) is 63.3 Å². The lowest BCUT2D eigenvalue weighted by molar-refractivity contribution is -0.120. The van der Waals surface area contributed by atoms with Gasteiger partial charge in [0.05, 0.1) is 5.92 Å². The van der Waals surface area contributed by atoms with Crippen molar-refractivity contribution < 1.29 is 4.79 Å². The van der Waals surface area contributed by atoms with Crippen LogP contribution < -0.4 is 10.6 Å². The molecule has 0 aromatic carbocycles. The van der Waals surface area contributed by atoms with Crippen molar-refractivity contribution >= 4 is 22.4 Å². The average Bonchev–Trinajstić information content (AvgIpc) is 3.18. The van der Waals surface area contributed by atoms with E-state index in [0.29, 0.717) is 11.0 Å². The van der Waals surface area contributed by atoms with Gasteiger partial charge in [0.2, 0.25) is 5.91 Å². The van der Waals surface area contributed by atoms with Crippen LogP contribution in [-0.4, -0.2) is 16.9 Å². The van der Waals surface area contributed by atoms with Crippen LogP contribution in [-0.2, 0) is 4.79 Å². The molecule has 2 fully saturated rings. The zero-order chi connectivity index (χ0) is 15.4. The topological polar surface area (TPSA) is 77.8 Å². The van der Waals surface area contributed by atoms with E-state index >= 15 is 0 Å². The summed E-state index contributed by atoms with van der Waals surface area (Å²) in [7, 11) is 0.